The van der Waals surface area contributed by atoms with E-state index in [-0.39, 0.29) is 11.8 Å². The Bertz CT molecular complexity index is 236. The van der Waals surface area contributed by atoms with E-state index in [9.17, 15) is 4.39 Å². The van der Waals surface area contributed by atoms with Crippen LogP contribution in [-0.4, -0.2) is 16.2 Å². The lowest BCUT2D eigenvalue weighted by Crippen LogP contribution is -1.96. The van der Waals surface area contributed by atoms with E-state index in [0.717, 1.165) is 0 Å². The molecular formula is C6H7Cl2FN2. The zero-order chi connectivity index (χ0) is 8.27. The number of nitrogens with zero attached hydrogens (tertiary/aromatic N) is 2. The van der Waals surface area contributed by atoms with E-state index in [1.54, 1.807) is 4.57 Å². The first-order valence-electron chi connectivity index (χ1n) is 3.18. The Morgan fingerprint density at radius 3 is 2.73 bits per heavy atom. The summed E-state index contributed by atoms with van der Waals surface area (Å²) < 4.78 is 13.3. The molecule has 0 saturated carbocycles. The molecule has 0 N–H and O–H groups in total. The molecule has 0 radical (unpaired) electrons. The normalized spacial score (nSPS) is 10.5. The molecule has 0 spiro atoms. The summed E-state index contributed by atoms with van der Waals surface area (Å²) >= 11 is 11.2. The highest BCUT2D eigenvalue weighted by atomic mass is 35.5. The molecule has 5 heteroatoms. The minimum Gasteiger partial charge on any atom is -0.320 e. The van der Waals surface area contributed by atoms with Crippen LogP contribution in [0.2, 0.25) is 10.3 Å². The van der Waals surface area contributed by atoms with Crippen molar-refractivity contribution in [3.05, 3.63) is 16.6 Å². The topological polar surface area (TPSA) is 17.8 Å². The highest BCUT2D eigenvalue weighted by Crippen LogP contribution is 2.19. The van der Waals surface area contributed by atoms with Crippen molar-refractivity contribution >= 4 is 23.2 Å². The number of halogens is 3. The standard InChI is InChI=1S/C6H7Cl2FN2/c7-5-6(8)11(4-10-5)3-1-2-9/h4H,1-3H2. The second-order valence-corrected chi connectivity index (χ2v) is 2.78. The van der Waals surface area contributed by atoms with Crippen molar-refractivity contribution in [2.24, 2.45) is 0 Å². The molecule has 1 aromatic heterocycles. The molecule has 2 nitrogen and oxygen atoms in total. The minimum atomic E-state index is -0.355. The van der Waals surface area contributed by atoms with Crippen LogP contribution in [0.4, 0.5) is 4.39 Å². The Labute approximate surface area is 73.9 Å². The number of rotatable bonds is 3. The fourth-order valence-corrected chi connectivity index (χ4v) is 1.06. The summed E-state index contributed by atoms with van der Waals surface area (Å²) in [6.07, 6.45) is 1.94. The molecule has 1 rings (SSSR count). The molecule has 1 heterocycles. The average Bonchev–Trinajstić information content (AvgIpc) is 2.31. The van der Waals surface area contributed by atoms with Crippen molar-refractivity contribution in [2.45, 2.75) is 13.0 Å². The van der Waals surface area contributed by atoms with Crippen LogP contribution in [0.3, 0.4) is 0 Å². The van der Waals surface area contributed by atoms with E-state index in [2.05, 4.69) is 4.98 Å². The summed E-state index contributed by atoms with van der Waals surface area (Å²) in [6.45, 7) is 0.168. The van der Waals surface area contributed by atoms with Crippen LogP contribution in [0.5, 0.6) is 0 Å². The zero-order valence-electron chi connectivity index (χ0n) is 5.73. The third kappa shape index (κ3) is 2.07. The van der Waals surface area contributed by atoms with E-state index in [0.29, 0.717) is 18.1 Å². The SMILES string of the molecule is FCCCn1cnc(Cl)c1Cl. The van der Waals surface area contributed by atoms with Crippen molar-refractivity contribution in [1.29, 1.82) is 0 Å². The maximum atomic E-state index is 11.7. The first kappa shape index (κ1) is 8.81. The van der Waals surface area contributed by atoms with E-state index in [1.807, 2.05) is 0 Å². The van der Waals surface area contributed by atoms with Crippen LogP contribution < -0.4 is 0 Å². The van der Waals surface area contributed by atoms with Gasteiger partial charge in [-0.05, 0) is 6.42 Å². The van der Waals surface area contributed by atoms with Crippen molar-refractivity contribution in [3.8, 4) is 0 Å². The summed E-state index contributed by atoms with van der Waals surface area (Å²) in [5.41, 5.74) is 0. The first-order chi connectivity index (χ1) is 5.25. The molecule has 62 valence electrons. The lowest BCUT2D eigenvalue weighted by atomic mass is 10.5. The molecule has 0 saturated heterocycles. The van der Waals surface area contributed by atoms with Gasteiger partial charge in [-0.15, -0.1) is 0 Å². The molecule has 0 unspecified atom stereocenters. The fraction of sp³-hybridized carbons (Fsp3) is 0.500. The number of aromatic nitrogens is 2. The van der Waals surface area contributed by atoms with Crippen molar-refractivity contribution in [2.75, 3.05) is 6.67 Å². The van der Waals surface area contributed by atoms with Gasteiger partial charge in [0, 0.05) is 6.54 Å². The van der Waals surface area contributed by atoms with E-state index in [1.165, 1.54) is 6.33 Å². The van der Waals surface area contributed by atoms with Gasteiger partial charge in [0.05, 0.1) is 13.0 Å². The monoisotopic (exact) mass is 196 g/mol. The zero-order valence-corrected chi connectivity index (χ0v) is 7.24. The number of hydrogen-bond donors (Lipinski definition) is 0. The maximum absolute atomic E-state index is 11.7. The number of hydrogen-bond acceptors (Lipinski definition) is 1. The van der Waals surface area contributed by atoms with Gasteiger partial charge in [0.25, 0.3) is 0 Å². The van der Waals surface area contributed by atoms with Crippen LogP contribution in [-0.2, 0) is 6.54 Å². The van der Waals surface area contributed by atoms with E-state index in [4.69, 9.17) is 23.2 Å². The second kappa shape index (κ2) is 3.93. The molecule has 11 heavy (non-hydrogen) atoms. The summed E-state index contributed by atoms with van der Waals surface area (Å²) in [7, 11) is 0. The van der Waals surface area contributed by atoms with Gasteiger partial charge >= 0.3 is 0 Å². The van der Waals surface area contributed by atoms with Crippen LogP contribution in [0.15, 0.2) is 6.33 Å². The number of alkyl halides is 1. The summed E-state index contributed by atoms with van der Waals surface area (Å²) in [5, 5.41) is 0.644. The maximum Gasteiger partial charge on any atom is 0.166 e. The van der Waals surface area contributed by atoms with Crippen LogP contribution in [0.1, 0.15) is 6.42 Å². The van der Waals surface area contributed by atoms with E-state index >= 15 is 0 Å². The van der Waals surface area contributed by atoms with E-state index < -0.39 is 0 Å². The third-order valence-corrected chi connectivity index (χ3v) is 2.03. The summed E-state index contributed by atoms with van der Waals surface area (Å²) in [6, 6.07) is 0. The Morgan fingerprint density at radius 2 is 2.27 bits per heavy atom. The van der Waals surface area contributed by atoms with Crippen molar-refractivity contribution in [1.82, 2.24) is 9.55 Å². The van der Waals surface area contributed by atoms with Gasteiger partial charge in [-0.25, -0.2) is 4.98 Å². The second-order valence-electron chi connectivity index (χ2n) is 2.06. The molecule has 0 atom stereocenters. The third-order valence-electron chi connectivity index (χ3n) is 1.27. The molecule has 0 aromatic carbocycles. The van der Waals surface area contributed by atoms with Gasteiger partial charge in [0.15, 0.2) is 5.15 Å². The van der Waals surface area contributed by atoms with Crippen LogP contribution >= 0.6 is 23.2 Å². The van der Waals surface area contributed by atoms with Gasteiger partial charge in [-0.1, -0.05) is 23.2 Å². The Hall–Kier alpha value is -0.280. The Kier molecular flexibility index (Phi) is 3.15. The van der Waals surface area contributed by atoms with Crippen molar-refractivity contribution < 1.29 is 4.39 Å². The Morgan fingerprint density at radius 1 is 1.55 bits per heavy atom. The summed E-state index contributed by atoms with van der Waals surface area (Å²) in [5.74, 6) is 0. The highest BCUT2D eigenvalue weighted by Gasteiger charge is 2.04. The van der Waals surface area contributed by atoms with Gasteiger partial charge in [-0.3, -0.25) is 4.39 Å². The van der Waals surface area contributed by atoms with Gasteiger partial charge in [0.2, 0.25) is 0 Å². The van der Waals surface area contributed by atoms with Crippen LogP contribution in [0.25, 0.3) is 0 Å². The largest absolute Gasteiger partial charge is 0.320 e. The quantitative estimate of drug-likeness (QED) is 0.727. The lowest BCUT2D eigenvalue weighted by Gasteiger charge is -1.99. The fourth-order valence-electron chi connectivity index (χ4n) is 0.729. The molecule has 0 aliphatic rings. The highest BCUT2D eigenvalue weighted by molar-refractivity contribution is 6.40. The smallest absolute Gasteiger partial charge is 0.166 e. The Balaban J connectivity index is 2.63. The molecule has 0 aliphatic heterocycles. The van der Waals surface area contributed by atoms with Crippen LogP contribution in [0, 0.1) is 0 Å². The predicted octanol–water partition coefficient (Wildman–Crippen LogP) is 2.55. The van der Waals surface area contributed by atoms with Crippen molar-refractivity contribution in [3.63, 3.8) is 0 Å². The predicted molar refractivity (Wildman–Crippen MR) is 42.8 cm³/mol. The van der Waals surface area contributed by atoms with Gasteiger partial charge in [0.1, 0.15) is 5.15 Å². The molecular weight excluding hydrogens is 190 g/mol. The number of aryl methyl sites for hydroxylation is 1. The molecule has 0 fully saturated rings. The first-order valence-corrected chi connectivity index (χ1v) is 3.93. The molecule has 1 aromatic rings. The summed E-state index contributed by atoms with van der Waals surface area (Å²) in [4.78, 5) is 3.74. The van der Waals surface area contributed by atoms with Gasteiger partial charge < -0.3 is 4.57 Å². The average molecular weight is 197 g/mol. The van der Waals surface area contributed by atoms with Gasteiger partial charge in [-0.2, -0.15) is 0 Å². The molecule has 0 amide bonds. The lowest BCUT2D eigenvalue weighted by molar-refractivity contribution is 0.447. The number of imidazole rings is 1. The molecule has 0 aliphatic carbocycles. The minimum absolute atomic E-state index is 0.269. The molecule has 0 bridgehead atoms.